The van der Waals surface area contributed by atoms with Crippen molar-refractivity contribution < 1.29 is 28.7 Å². The standard InChI is InChI=1S/C36H43N7O6/c1-36(2,3)49-34(46)38-28(17-15-25-11-7-5-8-12-25)33(45)43-20-19-42(35(47)48-24-26-13-9-6-10-14-26)23-31(43)32(44)37-22-27-16-18-30-29(21-27)39-40-41(30)4/h5-14,16,18,21,28,31H,15,17,19-20,22-24H2,1-4H3,(H,37,44)(H,38,46)/t28-,31+/m1/s1. The van der Waals surface area contributed by atoms with Crippen LogP contribution in [0.5, 0.6) is 0 Å². The predicted molar refractivity (Wildman–Crippen MR) is 182 cm³/mol. The molecule has 0 bridgehead atoms. The minimum atomic E-state index is -1.05. The third-order valence-electron chi connectivity index (χ3n) is 8.12. The van der Waals surface area contributed by atoms with E-state index in [-0.39, 0.29) is 39.2 Å². The lowest BCUT2D eigenvalue weighted by atomic mass is 10.0. The van der Waals surface area contributed by atoms with Crippen molar-refractivity contribution in [3.8, 4) is 0 Å². The number of nitrogens with one attached hydrogen (secondary N) is 2. The van der Waals surface area contributed by atoms with Gasteiger partial charge in [0, 0.05) is 26.7 Å². The molecule has 1 aliphatic rings. The highest BCUT2D eigenvalue weighted by Gasteiger charge is 2.40. The zero-order valence-electron chi connectivity index (χ0n) is 28.3. The van der Waals surface area contributed by atoms with E-state index in [0.717, 1.165) is 22.2 Å². The van der Waals surface area contributed by atoms with Gasteiger partial charge in [-0.15, -0.1) is 5.10 Å². The van der Waals surface area contributed by atoms with Crippen LogP contribution in [0.4, 0.5) is 9.59 Å². The van der Waals surface area contributed by atoms with Crippen molar-refractivity contribution in [2.75, 3.05) is 19.6 Å². The summed E-state index contributed by atoms with van der Waals surface area (Å²) in [6, 6.07) is 22.5. The summed E-state index contributed by atoms with van der Waals surface area (Å²) in [6.45, 7) is 5.57. The van der Waals surface area contributed by atoms with E-state index >= 15 is 0 Å². The second kappa shape index (κ2) is 15.6. The molecule has 0 spiro atoms. The van der Waals surface area contributed by atoms with Crippen LogP contribution in [-0.2, 0) is 45.7 Å². The van der Waals surface area contributed by atoms with E-state index in [1.165, 1.54) is 9.80 Å². The van der Waals surface area contributed by atoms with Crippen LogP contribution in [0.3, 0.4) is 0 Å². The van der Waals surface area contributed by atoms with Crippen molar-refractivity contribution in [2.24, 2.45) is 7.05 Å². The average Bonchev–Trinajstić information content (AvgIpc) is 3.46. The van der Waals surface area contributed by atoms with Crippen LogP contribution in [0, 0.1) is 0 Å². The maximum Gasteiger partial charge on any atom is 0.410 e. The van der Waals surface area contributed by atoms with Gasteiger partial charge in [0.25, 0.3) is 0 Å². The van der Waals surface area contributed by atoms with Crippen molar-refractivity contribution in [1.82, 2.24) is 35.4 Å². The van der Waals surface area contributed by atoms with E-state index in [1.807, 2.05) is 78.9 Å². The Kier molecular flexibility index (Phi) is 11.1. The molecule has 13 heteroatoms. The lowest BCUT2D eigenvalue weighted by Crippen LogP contribution is -2.64. The molecule has 1 fully saturated rings. The van der Waals surface area contributed by atoms with E-state index in [9.17, 15) is 19.2 Å². The molecular formula is C36H43N7O6. The molecule has 3 aromatic carbocycles. The molecule has 258 valence electrons. The number of hydrogen-bond acceptors (Lipinski definition) is 8. The second-order valence-electron chi connectivity index (χ2n) is 13.0. The zero-order chi connectivity index (χ0) is 35.0. The Bertz CT molecular complexity index is 1760. The van der Waals surface area contributed by atoms with Gasteiger partial charge in [0.2, 0.25) is 11.8 Å². The summed E-state index contributed by atoms with van der Waals surface area (Å²) in [5, 5.41) is 13.9. The van der Waals surface area contributed by atoms with E-state index in [1.54, 1.807) is 32.5 Å². The fraction of sp³-hybridized carbons (Fsp3) is 0.389. The van der Waals surface area contributed by atoms with Crippen molar-refractivity contribution in [1.29, 1.82) is 0 Å². The number of hydrogen-bond donors (Lipinski definition) is 2. The summed E-state index contributed by atoms with van der Waals surface area (Å²) in [5.74, 6) is -0.896. The summed E-state index contributed by atoms with van der Waals surface area (Å²) in [4.78, 5) is 57.1. The maximum atomic E-state index is 14.3. The quantitative estimate of drug-likeness (QED) is 0.258. The molecule has 1 aromatic heterocycles. The summed E-state index contributed by atoms with van der Waals surface area (Å²) >= 11 is 0. The highest BCUT2D eigenvalue weighted by molar-refractivity contribution is 5.92. The molecular weight excluding hydrogens is 626 g/mol. The number of alkyl carbamates (subject to hydrolysis) is 1. The molecule has 49 heavy (non-hydrogen) atoms. The van der Waals surface area contributed by atoms with E-state index < -0.39 is 41.7 Å². The first-order valence-electron chi connectivity index (χ1n) is 16.3. The Balaban J connectivity index is 1.34. The number of aromatic nitrogens is 3. The molecule has 1 saturated heterocycles. The fourth-order valence-corrected chi connectivity index (χ4v) is 5.61. The summed E-state index contributed by atoms with van der Waals surface area (Å²) in [6.07, 6.45) is -0.550. The largest absolute Gasteiger partial charge is 0.445 e. The Morgan fingerprint density at radius 3 is 2.31 bits per heavy atom. The van der Waals surface area contributed by atoms with Gasteiger partial charge in [-0.1, -0.05) is 71.9 Å². The van der Waals surface area contributed by atoms with Crippen LogP contribution in [0.1, 0.15) is 43.9 Å². The lowest BCUT2D eigenvalue weighted by Gasteiger charge is -2.41. The minimum Gasteiger partial charge on any atom is -0.445 e. The van der Waals surface area contributed by atoms with Crippen LogP contribution in [0.15, 0.2) is 78.9 Å². The molecule has 5 rings (SSSR count). The average molecular weight is 670 g/mol. The Labute approximate surface area is 285 Å². The van der Waals surface area contributed by atoms with Crippen molar-refractivity contribution >= 4 is 35.0 Å². The molecule has 0 saturated carbocycles. The lowest BCUT2D eigenvalue weighted by molar-refractivity contribution is -0.145. The number of fused-ring (bicyclic) bond motifs is 1. The number of aryl methyl sites for hydroxylation is 2. The molecule has 4 amide bonds. The third-order valence-corrected chi connectivity index (χ3v) is 8.12. The molecule has 0 unspecified atom stereocenters. The number of carbonyl (C=O) groups excluding carboxylic acids is 4. The molecule has 13 nitrogen and oxygen atoms in total. The van der Waals surface area contributed by atoms with Crippen molar-refractivity contribution in [3.05, 3.63) is 95.6 Å². The first kappa shape index (κ1) is 34.9. The van der Waals surface area contributed by atoms with Gasteiger partial charge in [0.15, 0.2) is 0 Å². The normalized spacial score (nSPS) is 15.4. The highest BCUT2D eigenvalue weighted by Crippen LogP contribution is 2.18. The number of nitrogens with zero attached hydrogens (tertiary/aromatic N) is 5. The van der Waals surface area contributed by atoms with Crippen molar-refractivity contribution in [3.63, 3.8) is 0 Å². The number of ether oxygens (including phenoxy) is 2. The number of amides is 4. The third kappa shape index (κ3) is 9.55. The molecule has 1 aliphatic heterocycles. The fourth-order valence-electron chi connectivity index (χ4n) is 5.61. The zero-order valence-corrected chi connectivity index (χ0v) is 28.3. The molecule has 2 N–H and O–H groups in total. The number of piperazine rings is 1. The minimum absolute atomic E-state index is 0.0563. The van der Waals surface area contributed by atoms with Gasteiger partial charge in [-0.2, -0.15) is 0 Å². The molecule has 0 radical (unpaired) electrons. The molecule has 2 heterocycles. The maximum absolute atomic E-state index is 14.3. The van der Waals surface area contributed by atoms with Crippen LogP contribution >= 0.6 is 0 Å². The van der Waals surface area contributed by atoms with Crippen molar-refractivity contribution in [2.45, 2.75) is 64.4 Å². The second-order valence-corrected chi connectivity index (χ2v) is 13.0. The van der Waals surface area contributed by atoms with Gasteiger partial charge >= 0.3 is 12.2 Å². The highest BCUT2D eigenvalue weighted by atomic mass is 16.6. The first-order chi connectivity index (χ1) is 23.5. The Hall–Kier alpha value is -5.46. The Morgan fingerprint density at radius 1 is 0.918 bits per heavy atom. The Morgan fingerprint density at radius 2 is 1.61 bits per heavy atom. The first-order valence-corrected chi connectivity index (χ1v) is 16.3. The van der Waals surface area contributed by atoms with Crippen LogP contribution < -0.4 is 10.6 Å². The SMILES string of the molecule is Cn1nnc2cc(CNC(=O)[C@@H]3CN(C(=O)OCc4ccccc4)CCN3C(=O)[C@@H](CCc3ccccc3)NC(=O)OC(C)(C)C)ccc21. The van der Waals surface area contributed by atoms with Gasteiger partial charge in [0.05, 0.1) is 12.1 Å². The summed E-state index contributed by atoms with van der Waals surface area (Å²) in [5.41, 5.74) is 3.37. The monoisotopic (exact) mass is 669 g/mol. The van der Waals surface area contributed by atoms with Gasteiger partial charge in [-0.25, -0.2) is 14.3 Å². The van der Waals surface area contributed by atoms with E-state index in [0.29, 0.717) is 11.9 Å². The molecule has 4 aromatic rings. The molecule has 0 aliphatic carbocycles. The topological polar surface area (TPSA) is 148 Å². The number of rotatable bonds is 10. The number of carbonyl (C=O) groups is 4. The summed E-state index contributed by atoms with van der Waals surface area (Å²) < 4.78 is 12.7. The van der Waals surface area contributed by atoms with Crippen LogP contribution in [0.25, 0.3) is 11.0 Å². The van der Waals surface area contributed by atoms with Gasteiger partial charge in [0.1, 0.15) is 29.8 Å². The van der Waals surface area contributed by atoms with Gasteiger partial charge in [-0.05, 0) is 62.4 Å². The number of benzene rings is 3. The predicted octanol–water partition coefficient (Wildman–Crippen LogP) is 3.96. The van der Waals surface area contributed by atoms with Crippen LogP contribution in [-0.4, -0.2) is 86.1 Å². The summed E-state index contributed by atoms with van der Waals surface area (Å²) in [7, 11) is 1.80. The van der Waals surface area contributed by atoms with Gasteiger partial charge in [-0.3, -0.25) is 9.59 Å². The van der Waals surface area contributed by atoms with Gasteiger partial charge < -0.3 is 29.9 Å². The smallest absolute Gasteiger partial charge is 0.410 e. The molecule has 2 atom stereocenters. The van der Waals surface area contributed by atoms with E-state index in [4.69, 9.17) is 9.47 Å². The van der Waals surface area contributed by atoms with E-state index in [2.05, 4.69) is 20.9 Å². The van der Waals surface area contributed by atoms with Crippen LogP contribution in [0.2, 0.25) is 0 Å².